The molecule has 52 valence electrons. The minimum Gasteiger partial charge on any atom is -0.399 e. The van der Waals surface area contributed by atoms with E-state index in [2.05, 4.69) is 9.99 Å². The first kappa shape index (κ1) is 8.10. The van der Waals surface area contributed by atoms with Crippen LogP contribution in [0.25, 0.3) is 0 Å². The fourth-order valence-corrected chi connectivity index (χ4v) is 0.358. The van der Waals surface area contributed by atoms with Gasteiger partial charge in [0.25, 0.3) is 0 Å². The Morgan fingerprint density at radius 1 is 1.89 bits per heavy atom. The van der Waals surface area contributed by atoms with E-state index in [9.17, 15) is 4.79 Å². The summed E-state index contributed by atoms with van der Waals surface area (Å²) in [5.41, 5.74) is 0.222. The van der Waals surface area contributed by atoms with Crippen LogP contribution in [0, 0.1) is 0 Å². The normalized spacial score (nSPS) is 11.1. The van der Waals surface area contributed by atoms with E-state index in [0.717, 1.165) is 0 Å². The van der Waals surface area contributed by atoms with Gasteiger partial charge in [0.2, 0.25) is 0 Å². The second-order valence-electron chi connectivity index (χ2n) is 1.36. The maximum atomic E-state index is 9.96. The highest BCUT2D eigenvalue weighted by molar-refractivity contribution is 6.28. The zero-order valence-electron chi connectivity index (χ0n) is 5.20. The van der Waals surface area contributed by atoms with Crippen molar-refractivity contribution in [3.8, 4) is 0 Å². The van der Waals surface area contributed by atoms with Crippen LogP contribution in [0.3, 0.4) is 0 Å². The van der Waals surface area contributed by atoms with Crippen molar-refractivity contribution in [2.24, 2.45) is 5.16 Å². The van der Waals surface area contributed by atoms with Gasteiger partial charge in [0.15, 0.2) is 6.29 Å². The Morgan fingerprint density at radius 2 is 2.56 bits per heavy atom. The Hall–Kier alpha value is -0.900. The van der Waals surface area contributed by atoms with Gasteiger partial charge in [0.05, 0.1) is 0 Å². The molecule has 0 saturated carbocycles. The van der Waals surface area contributed by atoms with Gasteiger partial charge in [-0.2, -0.15) is 0 Å². The lowest BCUT2D eigenvalue weighted by atomic mass is 10.3. The summed E-state index contributed by atoms with van der Waals surface area (Å²) >= 11 is 0. The molecule has 0 bridgehead atoms. The number of hydrogen-bond acceptors (Lipinski definition) is 4. The number of aliphatic hydroxyl groups excluding tert-OH is 1. The Labute approximate surface area is 53.1 Å². The number of carbonyl (C=O) groups excluding carboxylic acids is 1. The lowest BCUT2D eigenvalue weighted by molar-refractivity contribution is -0.103. The smallest absolute Gasteiger partial charge is 0.167 e. The molecule has 0 aliphatic heterocycles. The van der Waals surface area contributed by atoms with Gasteiger partial charge in [-0.1, -0.05) is 5.16 Å². The van der Waals surface area contributed by atoms with Gasteiger partial charge in [0.1, 0.15) is 12.8 Å². The van der Waals surface area contributed by atoms with Crippen molar-refractivity contribution in [1.82, 2.24) is 0 Å². The summed E-state index contributed by atoms with van der Waals surface area (Å²) in [6, 6.07) is 0. The molecular formula is C5H9NO3. The quantitative estimate of drug-likeness (QED) is 0.320. The molecule has 0 spiro atoms. The van der Waals surface area contributed by atoms with E-state index < -0.39 is 0 Å². The molecule has 0 saturated heterocycles. The van der Waals surface area contributed by atoms with Crippen molar-refractivity contribution in [3.05, 3.63) is 0 Å². The molecule has 9 heavy (non-hydrogen) atoms. The third kappa shape index (κ3) is 3.66. The molecule has 0 aromatic carbocycles. The average Bonchev–Trinajstić information content (AvgIpc) is 1.88. The molecule has 0 amide bonds. The second kappa shape index (κ2) is 5.24. The van der Waals surface area contributed by atoms with Crippen molar-refractivity contribution in [3.63, 3.8) is 0 Å². The summed E-state index contributed by atoms with van der Waals surface area (Å²) in [4.78, 5) is 14.3. The van der Waals surface area contributed by atoms with Crippen LogP contribution in [0.15, 0.2) is 5.16 Å². The van der Waals surface area contributed by atoms with Crippen molar-refractivity contribution in [1.29, 1.82) is 0 Å². The van der Waals surface area contributed by atoms with Crippen molar-refractivity contribution in [2.45, 2.75) is 6.42 Å². The van der Waals surface area contributed by atoms with Gasteiger partial charge in [-0.3, -0.25) is 4.79 Å². The average molecular weight is 131 g/mol. The van der Waals surface area contributed by atoms with Crippen molar-refractivity contribution >= 4 is 12.0 Å². The third-order valence-electron chi connectivity index (χ3n) is 0.713. The minimum absolute atomic E-state index is 0.0824. The van der Waals surface area contributed by atoms with Crippen LogP contribution in [0.5, 0.6) is 0 Å². The fraction of sp³-hybridized carbons (Fsp3) is 0.600. The fourth-order valence-electron chi connectivity index (χ4n) is 0.358. The Balaban J connectivity index is 3.66. The molecule has 0 atom stereocenters. The first-order valence-corrected chi connectivity index (χ1v) is 2.51. The Morgan fingerprint density at radius 3 is 2.89 bits per heavy atom. The molecule has 0 aromatic heterocycles. The molecule has 0 unspecified atom stereocenters. The van der Waals surface area contributed by atoms with E-state index in [1.165, 1.54) is 7.11 Å². The van der Waals surface area contributed by atoms with Crippen LogP contribution in [0.4, 0.5) is 0 Å². The SMILES string of the molecule is CO/N=C(/C=O)CCO. The van der Waals surface area contributed by atoms with E-state index in [0.29, 0.717) is 6.29 Å². The summed E-state index contributed by atoms with van der Waals surface area (Å²) in [5, 5.41) is 11.6. The second-order valence-corrected chi connectivity index (χ2v) is 1.36. The van der Waals surface area contributed by atoms with Crippen molar-refractivity contribution < 1.29 is 14.7 Å². The Bertz CT molecular complexity index is 111. The van der Waals surface area contributed by atoms with E-state index in [4.69, 9.17) is 5.11 Å². The highest BCUT2D eigenvalue weighted by Gasteiger charge is 1.94. The highest BCUT2D eigenvalue weighted by atomic mass is 16.6. The Kier molecular flexibility index (Phi) is 4.72. The number of aliphatic hydroxyl groups is 1. The predicted octanol–water partition coefficient (Wildman–Crippen LogP) is -0.430. The summed E-state index contributed by atoms with van der Waals surface area (Å²) in [7, 11) is 1.35. The molecule has 4 nitrogen and oxygen atoms in total. The molecule has 0 aliphatic rings. The molecular weight excluding hydrogens is 122 g/mol. The molecule has 0 heterocycles. The van der Waals surface area contributed by atoms with Crippen LogP contribution in [0.2, 0.25) is 0 Å². The molecule has 0 aliphatic carbocycles. The maximum absolute atomic E-state index is 9.96. The van der Waals surface area contributed by atoms with E-state index in [1.54, 1.807) is 0 Å². The zero-order valence-corrected chi connectivity index (χ0v) is 5.20. The predicted molar refractivity (Wildman–Crippen MR) is 32.2 cm³/mol. The molecule has 0 fully saturated rings. The van der Waals surface area contributed by atoms with Gasteiger partial charge < -0.3 is 9.94 Å². The van der Waals surface area contributed by atoms with Crippen molar-refractivity contribution in [2.75, 3.05) is 13.7 Å². The molecule has 0 rings (SSSR count). The summed E-state index contributed by atoms with van der Waals surface area (Å²) in [6.07, 6.45) is 0.803. The van der Waals surface area contributed by atoms with Gasteiger partial charge in [-0.05, 0) is 0 Å². The van der Waals surface area contributed by atoms with Crippen LogP contribution < -0.4 is 0 Å². The summed E-state index contributed by atoms with van der Waals surface area (Å²) in [5.74, 6) is 0. The van der Waals surface area contributed by atoms with Crippen LogP contribution in [0.1, 0.15) is 6.42 Å². The number of aldehydes is 1. The zero-order chi connectivity index (χ0) is 7.11. The van der Waals surface area contributed by atoms with Gasteiger partial charge in [0, 0.05) is 13.0 Å². The topological polar surface area (TPSA) is 58.9 Å². The van der Waals surface area contributed by atoms with Gasteiger partial charge in [-0.25, -0.2) is 0 Å². The van der Waals surface area contributed by atoms with E-state index >= 15 is 0 Å². The standard InChI is InChI=1S/C5H9NO3/c1-9-6-5(4-8)2-3-7/h4,7H,2-3H2,1H3/b6-5+. The van der Waals surface area contributed by atoms with Crippen LogP contribution in [-0.4, -0.2) is 30.8 Å². The maximum Gasteiger partial charge on any atom is 0.167 e. The number of oxime groups is 1. The number of nitrogens with zero attached hydrogens (tertiary/aromatic N) is 1. The molecule has 1 N–H and O–H groups in total. The summed E-state index contributed by atoms with van der Waals surface area (Å²) in [6.45, 7) is -0.0824. The van der Waals surface area contributed by atoms with E-state index in [-0.39, 0.29) is 18.7 Å². The van der Waals surface area contributed by atoms with E-state index in [1.807, 2.05) is 0 Å². The van der Waals surface area contributed by atoms with Crippen LogP contribution >= 0.6 is 0 Å². The molecule has 0 radical (unpaired) electrons. The lowest BCUT2D eigenvalue weighted by Gasteiger charge is -1.91. The van der Waals surface area contributed by atoms with Gasteiger partial charge in [-0.15, -0.1) is 0 Å². The van der Waals surface area contributed by atoms with Crippen LogP contribution in [-0.2, 0) is 9.63 Å². The monoisotopic (exact) mass is 131 g/mol. The lowest BCUT2D eigenvalue weighted by Crippen LogP contribution is -2.02. The number of carbonyl (C=O) groups is 1. The first-order chi connectivity index (χ1) is 4.35. The minimum atomic E-state index is -0.0824. The number of hydrogen-bond donors (Lipinski definition) is 1. The molecule has 0 aromatic rings. The van der Waals surface area contributed by atoms with Gasteiger partial charge >= 0.3 is 0 Å². The number of rotatable bonds is 4. The first-order valence-electron chi connectivity index (χ1n) is 2.51. The third-order valence-corrected chi connectivity index (χ3v) is 0.713. The molecule has 4 heteroatoms. The highest BCUT2D eigenvalue weighted by Crippen LogP contribution is 1.81. The summed E-state index contributed by atoms with van der Waals surface area (Å²) < 4.78 is 0. The largest absolute Gasteiger partial charge is 0.399 e.